The van der Waals surface area contributed by atoms with Gasteiger partial charge in [0.1, 0.15) is 0 Å². The molecule has 0 aromatic heterocycles. The van der Waals surface area contributed by atoms with Crippen molar-refractivity contribution >= 4 is 86.5 Å². The molecule has 2 aliphatic heterocycles. The Morgan fingerprint density at radius 1 is 0.636 bits per heavy atom. The summed E-state index contributed by atoms with van der Waals surface area (Å²) in [4.78, 5) is 104. The van der Waals surface area contributed by atoms with Crippen molar-refractivity contribution in [1.29, 1.82) is 0 Å². The summed E-state index contributed by atoms with van der Waals surface area (Å²) < 4.78 is 0. The van der Waals surface area contributed by atoms with Gasteiger partial charge in [0.05, 0.1) is 26.7 Å². The van der Waals surface area contributed by atoms with E-state index in [-0.39, 0.29) is 94.4 Å². The second-order valence-electron chi connectivity index (χ2n) is 12.4. The maximum atomic E-state index is 13.8. The van der Waals surface area contributed by atoms with Crippen molar-refractivity contribution in [3.05, 3.63) is 132 Å². The van der Waals surface area contributed by atoms with Crippen LogP contribution < -0.4 is 20.9 Å². The van der Waals surface area contributed by atoms with Crippen molar-refractivity contribution < 1.29 is 38.6 Å². The molecule has 5 aromatic carbocycles. The molecule has 2 aliphatic rings. The molecule has 0 spiro atoms. The summed E-state index contributed by atoms with van der Waals surface area (Å²) in [6, 6.07) is 17.9. The van der Waals surface area contributed by atoms with Crippen molar-refractivity contribution in [1.82, 2.24) is 20.9 Å². The fourth-order valence-corrected chi connectivity index (χ4v) is 6.71. The molecule has 18 heteroatoms. The number of nitrogens with zero attached hydrogens (tertiary/aromatic N) is 4. The Bertz CT molecular complexity index is 2560. The summed E-state index contributed by atoms with van der Waals surface area (Å²) in [6.45, 7) is 0.258. The highest BCUT2D eigenvalue weighted by Gasteiger charge is 2.37. The van der Waals surface area contributed by atoms with Crippen LogP contribution in [0, 0.1) is 20.2 Å². The Morgan fingerprint density at radius 2 is 1.15 bits per heavy atom. The number of carbonyl (C=O) groups is 6. The van der Waals surface area contributed by atoms with Gasteiger partial charge in [0, 0.05) is 90.5 Å². The number of carbonyl (C=O) groups excluding carboxylic acids is 6. The first-order valence-corrected chi connectivity index (χ1v) is 16.4. The van der Waals surface area contributed by atoms with Crippen LogP contribution in [0.3, 0.4) is 0 Å². The number of hydrogen-bond acceptors (Lipinski definition) is 11. The Balaban J connectivity index is 0.00000514. The van der Waals surface area contributed by atoms with Crippen molar-refractivity contribution in [2.75, 3.05) is 38.1 Å². The van der Waals surface area contributed by atoms with Crippen LogP contribution in [0.25, 0.3) is 21.5 Å². The fourth-order valence-electron chi connectivity index (χ4n) is 6.71. The molecule has 0 bridgehead atoms. The normalized spacial score (nSPS) is 13.2. The van der Waals surface area contributed by atoms with Crippen LogP contribution >= 0.6 is 12.4 Å². The molecule has 6 amide bonds. The number of anilines is 1. The zero-order valence-corrected chi connectivity index (χ0v) is 29.4. The Hall–Kier alpha value is -7.11. The number of nitro benzene ring substituents is 2. The molecule has 0 saturated heterocycles. The molecule has 7 rings (SSSR count). The SMILES string of the molecule is CNC(=O)c1cc(C(=O)NCCNCCN2C(=O)c3cccc4cc([N+](=O)[O-])cc(c34)C2=O)cc(N2C(=O)c3cccc4cc([N+](=O)[O-])cc(c34)C2=O)c1.Cl. The van der Waals surface area contributed by atoms with Crippen LogP contribution in [0.1, 0.15) is 62.1 Å². The number of halogens is 1. The summed E-state index contributed by atoms with van der Waals surface area (Å²) in [7, 11) is 1.36. The number of imide groups is 2. The van der Waals surface area contributed by atoms with Gasteiger partial charge >= 0.3 is 0 Å². The van der Waals surface area contributed by atoms with E-state index in [2.05, 4.69) is 16.0 Å². The topological polar surface area (TPSA) is 231 Å². The number of nitrogens with one attached hydrogen (secondary N) is 3. The van der Waals surface area contributed by atoms with Crippen LogP contribution in [0.2, 0.25) is 0 Å². The summed E-state index contributed by atoms with van der Waals surface area (Å²) in [5.41, 5.74) is -0.532. The van der Waals surface area contributed by atoms with Crippen LogP contribution in [0.15, 0.2) is 78.9 Å². The quantitative estimate of drug-likeness (QED) is 0.0753. The predicted molar refractivity (Wildman–Crippen MR) is 200 cm³/mol. The number of amides is 6. The zero-order chi connectivity index (χ0) is 38.4. The number of rotatable bonds is 11. The molecule has 5 aromatic rings. The predicted octanol–water partition coefficient (Wildman–Crippen LogP) is 4.01. The third kappa shape index (κ3) is 6.57. The molecule has 0 radical (unpaired) electrons. The van der Waals surface area contributed by atoms with Gasteiger partial charge in [-0.25, -0.2) is 4.90 Å². The molecule has 0 unspecified atom stereocenters. The molecule has 0 saturated carbocycles. The van der Waals surface area contributed by atoms with Gasteiger partial charge < -0.3 is 16.0 Å². The monoisotopic (exact) mass is 765 g/mol. The number of non-ortho nitro benzene ring substituents is 2. The van der Waals surface area contributed by atoms with Crippen molar-refractivity contribution in [2.24, 2.45) is 0 Å². The number of nitro groups is 2. The molecule has 55 heavy (non-hydrogen) atoms. The Kier molecular flexibility index (Phi) is 10.1. The molecule has 0 fully saturated rings. The largest absolute Gasteiger partial charge is 0.355 e. The highest BCUT2D eigenvalue weighted by molar-refractivity contribution is 6.36. The maximum Gasteiger partial charge on any atom is 0.270 e. The van der Waals surface area contributed by atoms with E-state index in [0.29, 0.717) is 16.2 Å². The summed E-state index contributed by atoms with van der Waals surface area (Å²) in [6.07, 6.45) is 0. The van der Waals surface area contributed by atoms with E-state index in [9.17, 15) is 49.0 Å². The Labute approximate surface area is 316 Å². The highest BCUT2D eigenvalue weighted by atomic mass is 35.5. The first kappa shape index (κ1) is 37.6. The van der Waals surface area contributed by atoms with E-state index < -0.39 is 45.3 Å². The van der Waals surface area contributed by atoms with E-state index in [1.165, 1.54) is 49.5 Å². The molecular weight excluding hydrogens is 738 g/mol. The van der Waals surface area contributed by atoms with E-state index in [1.54, 1.807) is 24.3 Å². The van der Waals surface area contributed by atoms with Gasteiger partial charge in [-0.1, -0.05) is 24.3 Å². The Morgan fingerprint density at radius 3 is 1.71 bits per heavy atom. The first-order chi connectivity index (χ1) is 25.9. The minimum Gasteiger partial charge on any atom is -0.355 e. The van der Waals surface area contributed by atoms with Crippen LogP contribution in [0.5, 0.6) is 0 Å². The minimum absolute atomic E-state index is 0. The highest BCUT2D eigenvalue weighted by Crippen LogP contribution is 2.37. The molecule has 278 valence electrons. The second kappa shape index (κ2) is 14.7. The summed E-state index contributed by atoms with van der Waals surface area (Å²) in [5.74, 6) is -4.11. The third-order valence-corrected chi connectivity index (χ3v) is 9.19. The first-order valence-electron chi connectivity index (χ1n) is 16.4. The molecule has 2 heterocycles. The van der Waals surface area contributed by atoms with Crippen molar-refractivity contribution in [3.63, 3.8) is 0 Å². The zero-order valence-electron chi connectivity index (χ0n) is 28.6. The van der Waals surface area contributed by atoms with Crippen LogP contribution in [-0.4, -0.2) is 83.4 Å². The molecule has 0 atom stereocenters. The minimum atomic E-state index is -0.874. The van der Waals surface area contributed by atoms with Crippen LogP contribution in [0.4, 0.5) is 17.1 Å². The fraction of sp³-hybridized carbons (Fsp3) is 0.135. The molecular formula is C37H28ClN7O10. The average molecular weight is 766 g/mol. The molecule has 0 aliphatic carbocycles. The lowest BCUT2D eigenvalue weighted by molar-refractivity contribution is -0.384. The van der Waals surface area contributed by atoms with Gasteiger partial charge in [0.15, 0.2) is 0 Å². The number of benzene rings is 5. The molecule has 3 N–H and O–H groups in total. The summed E-state index contributed by atoms with van der Waals surface area (Å²) >= 11 is 0. The summed E-state index contributed by atoms with van der Waals surface area (Å²) in [5, 5.41) is 32.6. The third-order valence-electron chi connectivity index (χ3n) is 9.19. The lowest BCUT2D eigenvalue weighted by Gasteiger charge is -2.27. The van der Waals surface area contributed by atoms with Crippen LogP contribution in [-0.2, 0) is 0 Å². The van der Waals surface area contributed by atoms with E-state index in [4.69, 9.17) is 0 Å². The van der Waals surface area contributed by atoms with E-state index in [0.717, 1.165) is 21.9 Å². The second-order valence-corrected chi connectivity index (χ2v) is 12.4. The molecule has 17 nitrogen and oxygen atoms in total. The standard InChI is InChI=1S/C37H27N7O10.ClH/c1-38-32(45)21-12-22(16-23(15-21)42-36(49)27-7-3-5-20-14-25(44(53)54)18-29(31(20)27)37(42)50)33(46)40-9-8-39-10-11-41-34(47)26-6-2-4-19-13-24(43(51)52)17-28(30(19)26)35(41)48;/h2-7,12-18,39H,8-11H2,1H3,(H,38,45)(H,40,46);1H. The van der Waals surface area contributed by atoms with Crippen molar-refractivity contribution in [3.8, 4) is 0 Å². The van der Waals surface area contributed by atoms with Gasteiger partial charge in [-0.2, -0.15) is 0 Å². The smallest absolute Gasteiger partial charge is 0.270 e. The van der Waals surface area contributed by atoms with Gasteiger partial charge in [-0.15, -0.1) is 12.4 Å². The van der Waals surface area contributed by atoms with E-state index in [1.807, 2.05) is 0 Å². The number of hydrogen-bond donors (Lipinski definition) is 3. The van der Waals surface area contributed by atoms with Gasteiger partial charge in [-0.3, -0.25) is 53.9 Å². The van der Waals surface area contributed by atoms with Gasteiger partial charge in [-0.05, 0) is 41.1 Å². The maximum absolute atomic E-state index is 13.8. The van der Waals surface area contributed by atoms with E-state index >= 15 is 0 Å². The van der Waals surface area contributed by atoms with Crippen molar-refractivity contribution in [2.45, 2.75) is 0 Å². The lowest BCUT2D eigenvalue weighted by Crippen LogP contribution is -2.44. The lowest BCUT2D eigenvalue weighted by atomic mass is 9.92. The van der Waals surface area contributed by atoms with Gasteiger partial charge in [0.25, 0.3) is 46.8 Å². The van der Waals surface area contributed by atoms with Gasteiger partial charge in [0.2, 0.25) is 0 Å². The average Bonchev–Trinajstić information content (AvgIpc) is 3.17.